The molecule has 0 spiro atoms. The van der Waals surface area contributed by atoms with E-state index in [1.165, 1.54) is 0 Å². The molecule has 0 aliphatic carbocycles. The van der Waals surface area contributed by atoms with Gasteiger partial charge < -0.3 is 19.1 Å². The van der Waals surface area contributed by atoms with E-state index in [9.17, 15) is 9.90 Å². The van der Waals surface area contributed by atoms with Gasteiger partial charge in [-0.1, -0.05) is 0 Å². The Morgan fingerprint density at radius 1 is 1.30 bits per heavy atom. The highest BCUT2D eigenvalue weighted by Gasteiger charge is 2.28. The van der Waals surface area contributed by atoms with Gasteiger partial charge >= 0.3 is 0 Å². The molecule has 3 heterocycles. The molecule has 1 saturated heterocycles. The molecular weight excluding hydrogens is 342 g/mol. The molecule has 4 rings (SSSR count). The normalized spacial score (nSPS) is 20.8. The zero-order valence-corrected chi connectivity index (χ0v) is 15.7. The van der Waals surface area contributed by atoms with Crippen LogP contribution in [0.25, 0.3) is 11.0 Å². The smallest absolute Gasteiger partial charge is 0.253 e. The van der Waals surface area contributed by atoms with E-state index in [1.807, 2.05) is 40.8 Å². The van der Waals surface area contributed by atoms with Crippen LogP contribution >= 0.6 is 0 Å². The van der Waals surface area contributed by atoms with Crippen molar-refractivity contribution in [3.8, 4) is 0 Å². The Bertz CT molecular complexity index is 947. The number of likely N-dealkylation sites (tertiary alicyclic amines) is 1. The third-order valence-electron chi connectivity index (χ3n) is 5.53. The van der Waals surface area contributed by atoms with Crippen LogP contribution in [0.4, 0.5) is 0 Å². The maximum atomic E-state index is 13.0. The molecule has 1 fully saturated rings. The van der Waals surface area contributed by atoms with E-state index in [1.54, 1.807) is 12.5 Å². The number of aliphatic hydroxyl groups is 1. The zero-order valence-electron chi connectivity index (χ0n) is 15.7. The second-order valence-electron chi connectivity index (χ2n) is 7.12. The van der Waals surface area contributed by atoms with Gasteiger partial charge in [-0.2, -0.15) is 0 Å². The lowest BCUT2D eigenvalue weighted by Crippen LogP contribution is -2.32. The summed E-state index contributed by atoms with van der Waals surface area (Å²) in [4.78, 5) is 23.5. The predicted octanol–water partition coefficient (Wildman–Crippen LogP) is 2.40. The summed E-state index contributed by atoms with van der Waals surface area (Å²) in [6.45, 7) is 6.09. The van der Waals surface area contributed by atoms with Crippen molar-refractivity contribution in [3.05, 3.63) is 48.3 Å². The molecule has 1 amide bonds. The summed E-state index contributed by atoms with van der Waals surface area (Å²) in [7, 11) is 0. The molecule has 2 atom stereocenters. The maximum absolute atomic E-state index is 13.0. The fourth-order valence-electron chi connectivity index (χ4n) is 4.05. The Kier molecular flexibility index (Phi) is 4.70. The summed E-state index contributed by atoms with van der Waals surface area (Å²) in [5.41, 5.74) is 2.56. The minimum absolute atomic E-state index is 0.000849. The van der Waals surface area contributed by atoms with E-state index >= 15 is 0 Å². The number of rotatable bonds is 3. The molecule has 1 aliphatic heterocycles. The topological polar surface area (TPSA) is 76.2 Å². The average molecular weight is 367 g/mol. The van der Waals surface area contributed by atoms with Crippen molar-refractivity contribution in [2.75, 3.05) is 13.1 Å². The Labute approximate surface area is 158 Å². The summed E-state index contributed by atoms with van der Waals surface area (Å²) >= 11 is 0. The van der Waals surface area contributed by atoms with E-state index in [0.29, 0.717) is 31.5 Å². The Hall–Kier alpha value is -2.67. The standard InChI is InChI=1S/C20H25N5O2/c1-3-25-14(2)22-16-12-15(4-5-17(16)25)20(27)23-9-6-18(19(26)7-10-23)24-11-8-21-13-24/h4-5,8,11-13,18-19,26H,3,6-7,9-10H2,1-2H3/t18-,19-/m0/s1. The fourth-order valence-corrected chi connectivity index (χ4v) is 4.05. The average Bonchev–Trinajstić information content (AvgIpc) is 3.25. The van der Waals surface area contributed by atoms with Crippen LogP contribution in [-0.2, 0) is 6.54 Å². The first-order chi connectivity index (χ1) is 13.1. The van der Waals surface area contributed by atoms with Crippen molar-refractivity contribution in [2.24, 2.45) is 0 Å². The van der Waals surface area contributed by atoms with Crippen LogP contribution < -0.4 is 0 Å². The van der Waals surface area contributed by atoms with E-state index < -0.39 is 6.10 Å². The first kappa shape index (κ1) is 17.7. The number of carbonyl (C=O) groups excluding carboxylic acids is 1. The van der Waals surface area contributed by atoms with Crippen molar-refractivity contribution >= 4 is 16.9 Å². The fraction of sp³-hybridized carbons (Fsp3) is 0.450. The van der Waals surface area contributed by atoms with Gasteiger partial charge in [0.25, 0.3) is 5.91 Å². The summed E-state index contributed by atoms with van der Waals surface area (Å²) < 4.78 is 4.08. The molecule has 27 heavy (non-hydrogen) atoms. The van der Waals surface area contributed by atoms with Gasteiger partial charge in [0.05, 0.1) is 29.5 Å². The molecule has 2 aromatic heterocycles. The molecule has 3 aromatic rings. The number of imidazole rings is 2. The van der Waals surface area contributed by atoms with Gasteiger partial charge in [0.15, 0.2) is 0 Å². The lowest BCUT2D eigenvalue weighted by molar-refractivity contribution is 0.0751. The number of aromatic nitrogens is 4. The lowest BCUT2D eigenvalue weighted by atomic mass is 10.1. The van der Waals surface area contributed by atoms with Crippen LogP contribution in [0.5, 0.6) is 0 Å². The second kappa shape index (κ2) is 7.15. The Morgan fingerprint density at radius 3 is 2.85 bits per heavy atom. The highest BCUT2D eigenvalue weighted by Crippen LogP contribution is 2.25. The summed E-state index contributed by atoms with van der Waals surface area (Å²) in [5, 5.41) is 10.5. The SMILES string of the molecule is CCn1c(C)nc2cc(C(=O)N3CC[C@H](O)[C@@H](n4ccnc4)CC3)ccc21. The van der Waals surface area contributed by atoms with Crippen LogP contribution in [0, 0.1) is 6.92 Å². The van der Waals surface area contributed by atoms with Gasteiger partial charge in [-0.25, -0.2) is 9.97 Å². The molecule has 0 saturated carbocycles. The number of hydrogen-bond acceptors (Lipinski definition) is 4. The largest absolute Gasteiger partial charge is 0.391 e. The van der Waals surface area contributed by atoms with Crippen LogP contribution in [0.2, 0.25) is 0 Å². The molecule has 1 N–H and O–H groups in total. The van der Waals surface area contributed by atoms with Gasteiger partial charge in [-0.3, -0.25) is 4.79 Å². The molecule has 0 bridgehead atoms. The van der Waals surface area contributed by atoms with Gasteiger partial charge in [0.2, 0.25) is 0 Å². The Balaban J connectivity index is 1.55. The van der Waals surface area contributed by atoms with E-state index in [0.717, 1.165) is 23.4 Å². The van der Waals surface area contributed by atoms with Crippen LogP contribution in [-0.4, -0.2) is 54.2 Å². The van der Waals surface area contributed by atoms with Crippen LogP contribution in [0.15, 0.2) is 36.9 Å². The van der Waals surface area contributed by atoms with Crippen molar-refractivity contribution in [2.45, 2.75) is 45.4 Å². The van der Waals surface area contributed by atoms with Crippen LogP contribution in [0.1, 0.15) is 42.0 Å². The zero-order chi connectivity index (χ0) is 19.0. The lowest BCUT2D eigenvalue weighted by Gasteiger charge is -2.21. The monoisotopic (exact) mass is 367 g/mol. The molecule has 1 aromatic carbocycles. The second-order valence-corrected chi connectivity index (χ2v) is 7.12. The minimum Gasteiger partial charge on any atom is -0.391 e. The molecule has 1 aliphatic rings. The van der Waals surface area contributed by atoms with Gasteiger partial charge in [-0.05, 0) is 44.9 Å². The van der Waals surface area contributed by atoms with Gasteiger partial charge in [0.1, 0.15) is 5.82 Å². The third-order valence-corrected chi connectivity index (χ3v) is 5.53. The van der Waals surface area contributed by atoms with Gasteiger partial charge in [-0.15, -0.1) is 0 Å². The number of fused-ring (bicyclic) bond motifs is 1. The maximum Gasteiger partial charge on any atom is 0.253 e. The molecule has 0 radical (unpaired) electrons. The van der Waals surface area contributed by atoms with Crippen molar-refractivity contribution in [1.29, 1.82) is 0 Å². The predicted molar refractivity (Wildman–Crippen MR) is 103 cm³/mol. The van der Waals surface area contributed by atoms with E-state index in [4.69, 9.17) is 0 Å². The number of amides is 1. The summed E-state index contributed by atoms with van der Waals surface area (Å²) in [6, 6.07) is 5.70. The molecule has 0 unspecified atom stereocenters. The number of benzene rings is 1. The van der Waals surface area contributed by atoms with Crippen molar-refractivity contribution in [3.63, 3.8) is 0 Å². The molecular formula is C20H25N5O2. The number of hydrogen-bond donors (Lipinski definition) is 1. The third kappa shape index (κ3) is 3.23. The number of carbonyl (C=O) groups is 1. The molecule has 7 heteroatoms. The first-order valence-electron chi connectivity index (χ1n) is 9.50. The number of aryl methyl sites for hydroxylation is 2. The molecule has 7 nitrogen and oxygen atoms in total. The van der Waals surface area contributed by atoms with Gasteiger partial charge in [0, 0.05) is 37.6 Å². The molecule has 142 valence electrons. The summed E-state index contributed by atoms with van der Waals surface area (Å²) in [5.74, 6) is 0.956. The summed E-state index contributed by atoms with van der Waals surface area (Å²) in [6.07, 6.45) is 6.09. The highest BCUT2D eigenvalue weighted by molar-refractivity contribution is 5.97. The number of aliphatic hydroxyl groups excluding tert-OH is 1. The quantitative estimate of drug-likeness (QED) is 0.771. The van der Waals surface area contributed by atoms with Crippen molar-refractivity contribution in [1.82, 2.24) is 24.0 Å². The minimum atomic E-state index is -0.484. The number of nitrogens with zero attached hydrogens (tertiary/aromatic N) is 5. The van der Waals surface area contributed by atoms with Crippen molar-refractivity contribution < 1.29 is 9.90 Å². The van der Waals surface area contributed by atoms with E-state index in [-0.39, 0.29) is 11.9 Å². The highest BCUT2D eigenvalue weighted by atomic mass is 16.3. The van der Waals surface area contributed by atoms with Crippen LogP contribution in [0.3, 0.4) is 0 Å². The first-order valence-corrected chi connectivity index (χ1v) is 9.50. The van der Waals surface area contributed by atoms with E-state index in [2.05, 4.69) is 21.5 Å². The Morgan fingerprint density at radius 2 is 2.11 bits per heavy atom.